The van der Waals surface area contributed by atoms with Crippen LogP contribution in [0.4, 0.5) is 5.95 Å². The van der Waals surface area contributed by atoms with Crippen molar-refractivity contribution in [3.63, 3.8) is 0 Å². The fraction of sp³-hybridized carbons (Fsp3) is 0.222. The van der Waals surface area contributed by atoms with E-state index in [0.29, 0.717) is 23.4 Å². The summed E-state index contributed by atoms with van der Waals surface area (Å²) in [5, 5.41) is 3.85. The largest absolute Gasteiger partial charge is 0.354 e. The second kappa shape index (κ2) is 6.62. The molecular weight excluding hydrogens is 288 g/mol. The minimum absolute atomic E-state index is 0.126. The van der Waals surface area contributed by atoms with Gasteiger partial charge in [0.1, 0.15) is 0 Å². The van der Waals surface area contributed by atoms with Gasteiger partial charge < -0.3 is 10.2 Å². The van der Waals surface area contributed by atoms with E-state index in [0.717, 1.165) is 0 Å². The minimum atomic E-state index is -0.126. The number of fused-ring (bicyclic) bond motifs is 1. The highest BCUT2D eigenvalue weighted by atomic mass is 16.1. The highest BCUT2D eigenvalue weighted by molar-refractivity contribution is 5.78. The summed E-state index contributed by atoms with van der Waals surface area (Å²) in [5.41, 5.74) is 1.78. The molecule has 0 aliphatic carbocycles. The highest BCUT2D eigenvalue weighted by Gasteiger charge is 2.14. The lowest BCUT2D eigenvalue weighted by atomic mass is 10.1. The van der Waals surface area contributed by atoms with Gasteiger partial charge >= 0.3 is 0 Å². The molecule has 0 aliphatic heterocycles. The van der Waals surface area contributed by atoms with Crippen molar-refractivity contribution in [2.45, 2.75) is 6.04 Å². The Morgan fingerprint density at radius 3 is 2.52 bits per heavy atom. The predicted molar refractivity (Wildman–Crippen MR) is 93.7 cm³/mol. The van der Waals surface area contributed by atoms with Crippen molar-refractivity contribution in [2.24, 2.45) is 0 Å². The number of rotatable bonds is 5. The molecule has 1 heterocycles. The Balaban J connectivity index is 1.83. The van der Waals surface area contributed by atoms with Crippen molar-refractivity contribution in [1.82, 2.24) is 14.9 Å². The fourth-order valence-electron chi connectivity index (χ4n) is 2.64. The topological polar surface area (TPSA) is 61.0 Å². The monoisotopic (exact) mass is 308 g/mol. The number of hydrogen-bond donors (Lipinski definition) is 2. The Morgan fingerprint density at radius 1 is 1.09 bits per heavy atom. The van der Waals surface area contributed by atoms with Crippen LogP contribution < -0.4 is 10.9 Å². The molecule has 0 spiro atoms. The van der Waals surface area contributed by atoms with Crippen LogP contribution in [0.1, 0.15) is 11.6 Å². The number of nitrogens with zero attached hydrogens (tertiary/aromatic N) is 2. The lowest BCUT2D eigenvalue weighted by Crippen LogP contribution is -2.27. The van der Waals surface area contributed by atoms with E-state index in [9.17, 15) is 4.79 Å². The Kier molecular flexibility index (Phi) is 4.39. The Hall–Kier alpha value is -2.66. The first-order chi connectivity index (χ1) is 11.1. The molecule has 1 aromatic heterocycles. The molecule has 1 atom stereocenters. The van der Waals surface area contributed by atoms with Crippen LogP contribution in [0.25, 0.3) is 10.9 Å². The van der Waals surface area contributed by atoms with E-state index in [4.69, 9.17) is 0 Å². The highest BCUT2D eigenvalue weighted by Crippen LogP contribution is 2.18. The maximum absolute atomic E-state index is 12.1. The third-order valence-electron chi connectivity index (χ3n) is 3.88. The van der Waals surface area contributed by atoms with Gasteiger partial charge in [0.2, 0.25) is 5.95 Å². The van der Waals surface area contributed by atoms with Crippen LogP contribution in [0, 0.1) is 0 Å². The molecule has 0 amide bonds. The van der Waals surface area contributed by atoms with Gasteiger partial charge in [-0.15, -0.1) is 0 Å². The number of benzene rings is 2. The average Bonchev–Trinajstić information content (AvgIpc) is 2.56. The van der Waals surface area contributed by atoms with Gasteiger partial charge in [0.25, 0.3) is 5.56 Å². The lowest BCUT2D eigenvalue weighted by molar-refractivity contribution is 0.311. The van der Waals surface area contributed by atoms with Crippen molar-refractivity contribution >= 4 is 16.9 Å². The van der Waals surface area contributed by atoms with Gasteiger partial charge in [-0.2, -0.15) is 0 Å². The van der Waals surface area contributed by atoms with Gasteiger partial charge in [-0.25, -0.2) is 4.98 Å². The third kappa shape index (κ3) is 3.40. The van der Waals surface area contributed by atoms with Crippen LogP contribution in [0.5, 0.6) is 0 Å². The number of likely N-dealkylation sites (N-methyl/N-ethyl adjacent to an activating group) is 1. The summed E-state index contributed by atoms with van der Waals surface area (Å²) < 4.78 is 0. The number of aromatic nitrogens is 2. The molecule has 3 aromatic rings. The molecule has 0 aliphatic rings. The second-order valence-electron chi connectivity index (χ2n) is 5.70. The number of hydrogen-bond acceptors (Lipinski definition) is 4. The standard InChI is InChI=1S/C18H20N4O/c1-22(2)16(13-8-4-3-5-9-13)12-19-18-20-15-11-7-6-10-14(15)17(23)21-18/h3-11,16H,12H2,1-2H3,(H2,19,20,21,23)/t16-/m1/s1. The SMILES string of the molecule is CN(C)[C@H](CNc1nc2ccccc2c(=O)[nH]1)c1ccccc1. The quantitative estimate of drug-likeness (QED) is 0.760. The summed E-state index contributed by atoms with van der Waals surface area (Å²) >= 11 is 0. The van der Waals surface area contributed by atoms with E-state index in [-0.39, 0.29) is 11.6 Å². The van der Waals surface area contributed by atoms with E-state index in [2.05, 4.69) is 32.3 Å². The number of aromatic amines is 1. The van der Waals surface area contributed by atoms with Gasteiger partial charge in [0, 0.05) is 6.54 Å². The number of para-hydroxylation sites is 1. The van der Waals surface area contributed by atoms with Gasteiger partial charge in [-0.3, -0.25) is 9.78 Å². The molecule has 5 heteroatoms. The third-order valence-corrected chi connectivity index (χ3v) is 3.88. The zero-order chi connectivity index (χ0) is 16.2. The number of H-pyrrole nitrogens is 1. The summed E-state index contributed by atoms with van der Waals surface area (Å²) in [7, 11) is 4.08. The molecule has 0 unspecified atom stereocenters. The molecule has 23 heavy (non-hydrogen) atoms. The number of anilines is 1. The average molecular weight is 308 g/mol. The predicted octanol–water partition coefficient (Wildman–Crippen LogP) is 2.64. The summed E-state index contributed by atoms with van der Waals surface area (Å²) in [4.78, 5) is 21.5. The molecule has 0 saturated carbocycles. The van der Waals surface area contributed by atoms with Gasteiger partial charge in [-0.1, -0.05) is 42.5 Å². The van der Waals surface area contributed by atoms with Gasteiger partial charge in [0.05, 0.1) is 16.9 Å². The Bertz CT molecular complexity index is 842. The van der Waals surface area contributed by atoms with Crippen molar-refractivity contribution < 1.29 is 0 Å². The van der Waals surface area contributed by atoms with Crippen LogP contribution in [0.2, 0.25) is 0 Å². The minimum Gasteiger partial charge on any atom is -0.354 e. The molecule has 0 radical (unpaired) electrons. The van der Waals surface area contributed by atoms with Crippen molar-refractivity contribution in [1.29, 1.82) is 0 Å². The van der Waals surface area contributed by atoms with E-state index < -0.39 is 0 Å². The van der Waals surface area contributed by atoms with Gasteiger partial charge in [0.15, 0.2) is 0 Å². The van der Waals surface area contributed by atoms with Crippen LogP contribution in [0.15, 0.2) is 59.4 Å². The molecule has 118 valence electrons. The molecule has 2 N–H and O–H groups in total. The fourth-order valence-corrected chi connectivity index (χ4v) is 2.64. The number of nitrogens with one attached hydrogen (secondary N) is 2. The van der Waals surface area contributed by atoms with E-state index >= 15 is 0 Å². The summed E-state index contributed by atoms with van der Waals surface area (Å²) in [6, 6.07) is 17.8. The van der Waals surface area contributed by atoms with Crippen molar-refractivity contribution in [3.05, 3.63) is 70.5 Å². The summed E-state index contributed by atoms with van der Waals surface area (Å²) in [6.45, 7) is 0.651. The first-order valence-electron chi connectivity index (χ1n) is 7.59. The van der Waals surface area contributed by atoms with Crippen LogP contribution in [-0.2, 0) is 0 Å². The van der Waals surface area contributed by atoms with Crippen LogP contribution in [-0.4, -0.2) is 35.5 Å². The zero-order valence-corrected chi connectivity index (χ0v) is 13.3. The van der Waals surface area contributed by atoms with Crippen LogP contribution in [0.3, 0.4) is 0 Å². The van der Waals surface area contributed by atoms with Crippen molar-refractivity contribution in [3.8, 4) is 0 Å². The van der Waals surface area contributed by atoms with Crippen LogP contribution >= 0.6 is 0 Å². The van der Waals surface area contributed by atoms with E-state index in [1.807, 2.05) is 50.5 Å². The smallest absolute Gasteiger partial charge is 0.260 e. The van der Waals surface area contributed by atoms with Crippen molar-refractivity contribution in [2.75, 3.05) is 26.0 Å². The van der Waals surface area contributed by atoms with Gasteiger partial charge in [-0.05, 0) is 31.8 Å². The molecular formula is C18H20N4O. The Morgan fingerprint density at radius 2 is 1.78 bits per heavy atom. The summed E-state index contributed by atoms with van der Waals surface area (Å²) in [6.07, 6.45) is 0. The first-order valence-corrected chi connectivity index (χ1v) is 7.59. The molecule has 3 rings (SSSR count). The lowest BCUT2D eigenvalue weighted by Gasteiger charge is -2.25. The molecule has 0 saturated heterocycles. The zero-order valence-electron chi connectivity index (χ0n) is 13.3. The Labute approximate surface area is 135 Å². The van der Waals surface area contributed by atoms with E-state index in [1.165, 1.54) is 5.56 Å². The summed E-state index contributed by atoms with van der Waals surface area (Å²) in [5.74, 6) is 0.497. The maximum Gasteiger partial charge on any atom is 0.260 e. The second-order valence-corrected chi connectivity index (χ2v) is 5.70. The molecule has 0 fully saturated rings. The van der Waals surface area contributed by atoms with E-state index in [1.54, 1.807) is 6.07 Å². The maximum atomic E-state index is 12.1. The molecule has 0 bridgehead atoms. The molecule has 2 aromatic carbocycles. The molecule has 5 nitrogen and oxygen atoms in total. The first kappa shape index (κ1) is 15.2. The normalized spacial score (nSPS) is 12.5.